The van der Waals surface area contributed by atoms with Gasteiger partial charge in [-0.1, -0.05) is 29.5 Å². The molecule has 2 aromatic heterocycles. The second kappa shape index (κ2) is 9.56. The molecule has 6 nitrogen and oxygen atoms in total. The molecule has 9 heteroatoms. The fraction of sp³-hybridized carbons (Fsp3) is 0.269. The molecule has 0 saturated heterocycles. The Balaban J connectivity index is 1.56. The minimum atomic E-state index is -0.589. The molecule has 0 saturated carbocycles. The zero-order valence-electron chi connectivity index (χ0n) is 19.6. The number of hydrogen-bond donors (Lipinski definition) is 0. The highest BCUT2D eigenvalue weighted by molar-refractivity contribution is 7.99. The first kappa shape index (κ1) is 23.7. The summed E-state index contributed by atoms with van der Waals surface area (Å²) in [6, 6.07) is 11.8. The van der Waals surface area contributed by atoms with E-state index in [0.717, 1.165) is 30.6 Å². The molecule has 0 spiro atoms. The van der Waals surface area contributed by atoms with Crippen molar-refractivity contribution in [1.82, 2.24) is 14.5 Å². The number of Topliss-reactive ketones (excluding diaryl/α,β-unsaturated/α-hetero) is 1. The number of rotatable bonds is 6. The van der Waals surface area contributed by atoms with Gasteiger partial charge in [-0.25, -0.2) is 9.37 Å². The SMILES string of the molecule is COc1ccc(C(=O)CSc2nc3sc4c(c3c(=O)n2-c2ccc(C)cc2)CCN(C)C4)cc1F. The molecule has 1 aliphatic rings. The molecule has 5 rings (SSSR count). The molecule has 0 unspecified atom stereocenters. The van der Waals surface area contributed by atoms with Gasteiger partial charge >= 0.3 is 0 Å². The number of aryl methyl sites for hydroxylation is 1. The summed E-state index contributed by atoms with van der Waals surface area (Å²) in [5, 5.41) is 1.12. The number of fused-ring (bicyclic) bond motifs is 3. The summed E-state index contributed by atoms with van der Waals surface area (Å²) >= 11 is 2.73. The Bertz CT molecular complexity index is 1490. The molecule has 35 heavy (non-hydrogen) atoms. The molecule has 0 N–H and O–H groups in total. The Morgan fingerprint density at radius 3 is 2.71 bits per heavy atom. The van der Waals surface area contributed by atoms with E-state index in [1.54, 1.807) is 15.9 Å². The average Bonchev–Trinajstić information content (AvgIpc) is 3.20. The van der Waals surface area contributed by atoms with Gasteiger partial charge in [-0.2, -0.15) is 0 Å². The van der Waals surface area contributed by atoms with Crippen molar-refractivity contribution in [3.8, 4) is 11.4 Å². The van der Waals surface area contributed by atoms with Crippen LogP contribution < -0.4 is 10.3 Å². The molecule has 0 bridgehead atoms. The maximum absolute atomic E-state index is 14.1. The molecule has 180 valence electrons. The van der Waals surface area contributed by atoms with Gasteiger partial charge in [0, 0.05) is 23.5 Å². The number of hydrogen-bond acceptors (Lipinski definition) is 7. The fourth-order valence-electron chi connectivity index (χ4n) is 4.22. The molecule has 2 aromatic carbocycles. The fourth-order valence-corrected chi connectivity index (χ4v) is 6.47. The molecule has 0 amide bonds. The molecular weight excluding hydrogens is 485 g/mol. The third-order valence-corrected chi connectivity index (χ3v) is 8.18. The number of thiophene rings is 1. The van der Waals surface area contributed by atoms with Crippen LogP contribution in [0, 0.1) is 12.7 Å². The zero-order valence-corrected chi connectivity index (χ0v) is 21.3. The Morgan fingerprint density at radius 1 is 1.23 bits per heavy atom. The van der Waals surface area contributed by atoms with Crippen molar-refractivity contribution in [2.24, 2.45) is 0 Å². The number of ether oxygens (including phenoxy) is 1. The van der Waals surface area contributed by atoms with Crippen molar-refractivity contribution in [2.75, 3.05) is 26.5 Å². The molecule has 0 fully saturated rings. The van der Waals surface area contributed by atoms with E-state index in [0.29, 0.717) is 21.1 Å². The summed E-state index contributed by atoms with van der Waals surface area (Å²) in [6.45, 7) is 3.68. The third kappa shape index (κ3) is 4.51. The maximum atomic E-state index is 14.1. The smallest absolute Gasteiger partial charge is 0.267 e. The number of carbonyl (C=O) groups is 1. The first-order valence-corrected chi connectivity index (χ1v) is 13.0. The van der Waals surface area contributed by atoms with Crippen LogP contribution in [-0.2, 0) is 13.0 Å². The molecule has 4 aromatic rings. The minimum absolute atomic E-state index is 0.0173. The molecule has 0 radical (unpaired) electrons. The van der Waals surface area contributed by atoms with Gasteiger partial charge in [-0.05, 0) is 56.3 Å². The van der Waals surface area contributed by atoms with Crippen LogP contribution in [0.2, 0.25) is 0 Å². The predicted molar refractivity (Wildman–Crippen MR) is 138 cm³/mol. The predicted octanol–water partition coefficient (Wildman–Crippen LogP) is 4.87. The lowest BCUT2D eigenvalue weighted by Gasteiger charge is -2.21. The Labute approximate surface area is 210 Å². The van der Waals surface area contributed by atoms with E-state index in [2.05, 4.69) is 11.9 Å². The monoisotopic (exact) mass is 509 g/mol. The third-order valence-electron chi connectivity index (χ3n) is 6.13. The highest BCUT2D eigenvalue weighted by atomic mass is 32.2. The van der Waals surface area contributed by atoms with Crippen molar-refractivity contribution in [3.05, 3.63) is 80.2 Å². The molecular formula is C26H24FN3O3S2. The number of ketones is 1. The lowest BCUT2D eigenvalue weighted by molar-refractivity contribution is 0.102. The Kier molecular flexibility index (Phi) is 6.48. The van der Waals surface area contributed by atoms with Gasteiger partial charge in [0.1, 0.15) is 4.83 Å². The lowest BCUT2D eigenvalue weighted by Crippen LogP contribution is -2.27. The van der Waals surface area contributed by atoms with Crippen LogP contribution in [0.1, 0.15) is 26.4 Å². The van der Waals surface area contributed by atoms with Crippen LogP contribution in [0.5, 0.6) is 5.75 Å². The number of thioether (sulfide) groups is 1. The van der Waals surface area contributed by atoms with Crippen LogP contribution in [0.15, 0.2) is 52.4 Å². The van der Waals surface area contributed by atoms with Crippen molar-refractivity contribution in [2.45, 2.75) is 25.0 Å². The van der Waals surface area contributed by atoms with Gasteiger partial charge in [0.25, 0.3) is 5.56 Å². The molecule has 0 aliphatic carbocycles. The van der Waals surface area contributed by atoms with Crippen LogP contribution in [0.4, 0.5) is 4.39 Å². The normalized spacial score (nSPS) is 13.7. The van der Waals surface area contributed by atoms with Crippen molar-refractivity contribution < 1.29 is 13.9 Å². The Hall–Kier alpha value is -3.01. The molecule has 0 atom stereocenters. The van der Waals surface area contributed by atoms with Crippen LogP contribution in [-0.4, -0.2) is 46.7 Å². The van der Waals surface area contributed by atoms with E-state index in [4.69, 9.17) is 9.72 Å². The van der Waals surface area contributed by atoms with E-state index < -0.39 is 5.82 Å². The van der Waals surface area contributed by atoms with Crippen molar-refractivity contribution in [3.63, 3.8) is 0 Å². The number of benzene rings is 2. The Morgan fingerprint density at radius 2 is 2.00 bits per heavy atom. The topological polar surface area (TPSA) is 64.4 Å². The minimum Gasteiger partial charge on any atom is -0.494 e. The first-order valence-electron chi connectivity index (χ1n) is 11.2. The number of methoxy groups -OCH3 is 1. The number of carbonyl (C=O) groups excluding carboxylic acids is 1. The number of likely N-dealkylation sites (N-methyl/N-ethyl adjacent to an activating group) is 1. The summed E-state index contributed by atoms with van der Waals surface area (Å²) in [5.74, 6) is -0.743. The standard InChI is InChI=1S/C26H24FN3O3S2/c1-15-4-7-17(8-5-15)30-25(32)23-18-10-11-29(2)13-22(18)35-24(23)28-26(30)34-14-20(31)16-6-9-21(33-3)19(27)12-16/h4-9,12H,10-11,13-14H2,1-3H3. The quantitative estimate of drug-likeness (QED) is 0.210. The van der Waals surface area contributed by atoms with Crippen LogP contribution in [0.3, 0.4) is 0 Å². The van der Waals surface area contributed by atoms with Gasteiger partial charge in [0.15, 0.2) is 22.5 Å². The van der Waals surface area contributed by atoms with E-state index >= 15 is 0 Å². The number of halogens is 1. The van der Waals surface area contributed by atoms with Gasteiger partial charge in [-0.15, -0.1) is 11.3 Å². The van der Waals surface area contributed by atoms with Crippen molar-refractivity contribution in [1.29, 1.82) is 0 Å². The number of aromatic nitrogens is 2. The zero-order chi connectivity index (χ0) is 24.7. The van der Waals surface area contributed by atoms with Gasteiger partial charge in [0.05, 0.1) is 23.9 Å². The highest BCUT2D eigenvalue weighted by Gasteiger charge is 2.25. The molecule has 1 aliphatic heterocycles. The average molecular weight is 510 g/mol. The largest absolute Gasteiger partial charge is 0.494 e. The summed E-state index contributed by atoms with van der Waals surface area (Å²) in [6.07, 6.45) is 0.810. The summed E-state index contributed by atoms with van der Waals surface area (Å²) in [5.41, 5.74) is 3.00. The van der Waals surface area contributed by atoms with E-state index in [1.807, 2.05) is 31.2 Å². The number of nitrogens with zero attached hydrogens (tertiary/aromatic N) is 3. The van der Waals surface area contributed by atoms with Crippen LogP contribution in [0.25, 0.3) is 15.9 Å². The van der Waals surface area contributed by atoms with Gasteiger partial charge in [-0.3, -0.25) is 14.2 Å². The van der Waals surface area contributed by atoms with Crippen molar-refractivity contribution >= 4 is 39.1 Å². The lowest BCUT2D eigenvalue weighted by atomic mass is 10.1. The molecule has 3 heterocycles. The first-order chi connectivity index (χ1) is 16.9. The van der Waals surface area contributed by atoms with Crippen LogP contribution >= 0.6 is 23.1 Å². The highest BCUT2D eigenvalue weighted by Crippen LogP contribution is 2.34. The van der Waals surface area contributed by atoms with E-state index in [9.17, 15) is 14.0 Å². The van der Waals surface area contributed by atoms with Gasteiger partial charge < -0.3 is 9.64 Å². The van der Waals surface area contributed by atoms with Gasteiger partial charge in [0.2, 0.25) is 0 Å². The van der Waals surface area contributed by atoms with E-state index in [1.165, 1.54) is 41.9 Å². The van der Waals surface area contributed by atoms with E-state index in [-0.39, 0.29) is 28.4 Å². The second-order valence-corrected chi connectivity index (χ2v) is 10.6. The second-order valence-electron chi connectivity index (χ2n) is 8.60. The summed E-state index contributed by atoms with van der Waals surface area (Å²) in [7, 11) is 3.45. The maximum Gasteiger partial charge on any atom is 0.267 e. The summed E-state index contributed by atoms with van der Waals surface area (Å²) < 4.78 is 20.6. The summed E-state index contributed by atoms with van der Waals surface area (Å²) in [4.78, 5) is 35.6.